The summed E-state index contributed by atoms with van der Waals surface area (Å²) < 4.78 is 10.3. The van der Waals surface area contributed by atoms with Gasteiger partial charge in [0.25, 0.3) is 5.91 Å². The molecule has 0 unspecified atom stereocenters. The molecule has 2 N–H and O–H groups in total. The van der Waals surface area contributed by atoms with Crippen molar-refractivity contribution >= 4 is 23.5 Å². The Morgan fingerprint density at radius 2 is 1.85 bits per heavy atom. The van der Waals surface area contributed by atoms with Gasteiger partial charge in [0.15, 0.2) is 6.10 Å². The number of ether oxygens (including phenoxy) is 2. The summed E-state index contributed by atoms with van der Waals surface area (Å²) in [6, 6.07) is 12.7. The second-order valence-electron chi connectivity index (χ2n) is 5.60. The zero-order valence-corrected chi connectivity index (χ0v) is 15.2. The van der Waals surface area contributed by atoms with Crippen LogP contribution in [-0.2, 0) is 20.7 Å². The van der Waals surface area contributed by atoms with Crippen LogP contribution in [0.1, 0.15) is 17.2 Å². The second-order valence-corrected chi connectivity index (χ2v) is 6.01. The minimum Gasteiger partial charge on any atom is -0.495 e. The molecule has 0 spiro atoms. The number of rotatable bonds is 8. The molecule has 6 nitrogen and oxygen atoms in total. The normalized spacial score (nSPS) is 12.9. The molecule has 0 aliphatic carbocycles. The van der Waals surface area contributed by atoms with Gasteiger partial charge in [0.1, 0.15) is 11.8 Å². The lowest BCUT2D eigenvalue weighted by Gasteiger charge is -2.20. The fourth-order valence-corrected chi connectivity index (χ4v) is 2.82. The molecular weight excluding hydrogens is 358 g/mol. The van der Waals surface area contributed by atoms with Crippen molar-refractivity contribution in [3.05, 3.63) is 64.7 Å². The van der Waals surface area contributed by atoms with Crippen LogP contribution in [0.15, 0.2) is 48.5 Å². The molecular formula is C19H20ClNO5. The van der Waals surface area contributed by atoms with Crippen molar-refractivity contribution in [3.8, 4) is 5.75 Å². The highest BCUT2D eigenvalue weighted by Gasteiger charge is 2.26. The highest BCUT2D eigenvalue weighted by atomic mass is 35.5. The molecule has 2 atom stereocenters. The van der Waals surface area contributed by atoms with Gasteiger partial charge in [-0.1, -0.05) is 48.0 Å². The van der Waals surface area contributed by atoms with Gasteiger partial charge < -0.3 is 19.9 Å². The first kappa shape index (κ1) is 19.8. The average Bonchev–Trinajstić information content (AvgIpc) is 2.63. The number of methoxy groups -OCH3 is 2. The van der Waals surface area contributed by atoms with E-state index in [0.717, 1.165) is 0 Å². The van der Waals surface area contributed by atoms with Gasteiger partial charge in [-0.05, 0) is 23.3 Å². The van der Waals surface area contributed by atoms with Crippen molar-refractivity contribution in [2.45, 2.75) is 18.6 Å². The molecule has 1 amide bonds. The van der Waals surface area contributed by atoms with Gasteiger partial charge in [0.2, 0.25) is 0 Å². The maximum absolute atomic E-state index is 12.5. The van der Waals surface area contributed by atoms with Crippen molar-refractivity contribution in [3.63, 3.8) is 0 Å². The van der Waals surface area contributed by atoms with E-state index in [2.05, 4.69) is 5.32 Å². The van der Waals surface area contributed by atoms with E-state index >= 15 is 0 Å². The van der Waals surface area contributed by atoms with Crippen LogP contribution in [0, 0.1) is 0 Å². The number of benzene rings is 2. The van der Waals surface area contributed by atoms with E-state index in [4.69, 9.17) is 21.1 Å². The van der Waals surface area contributed by atoms with Crippen LogP contribution in [0.3, 0.4) is 0 Å². The third-order valence-electron chi connectivity index (χ3n) is 3.85. The number of aliphatic carboxylic acids is 1. The molecule has 0 aromatic heterocycles. The van der Waals surface area contributed by atoms with Crippen LogP contribution in [0.5, 0.6) is 5.75 Å². The Morgan fingerprint density at radius 1 is 1.15 bits per heavy atom. The largest absolute Gasteiger partial charge is 0.495 e. The van der Waals surface area contributed by atoms with E-state index in [1.807, 2.05) is 6.07 Å². The third kappa shape index (κ3) is 4.97. The molecule has 2 rings (SSSR count). The number of nitrogens with one attached hydrogen (secondary N) is 1. The molecule has 0 aliphatic rings. The lowest BCUT2D eigenvalue weighted by atomic mass is 10.0. The molecule has 0 aliphatic heterocycles. The predicted octanol–water partition coefficient (Wildman–Crippen LogP) is 2.85. The minimum atomic E-state index is -1.15. The summed E-state index contributed by atoms with van der Waals surface area (Å²) in [5, 5.41) is 12.4. The van der Waals surface area contributed by atoms with E-state index in [0.29, 0.717) is 21.9 Å². The zero-order chi connectivity index (χ0) is 19.1. The van der Waals surface area contributed by atoms with E-state index in [9.17, 15) is 14.7 Å². The van der Waals surface area contributed by atoms with E-state index in [-0.39, 0.29) is 6.42 Å². The molecule has 2 aromatic rings. The highest BCUT2D eigenvalue weighted by Crippen LogP contribution is 2.25. The lowest BCUT2D eigenvalue weighted by molar-refractivity contribution is -0.144. The molecule has 0 saturated heterocycles. The van der Waals surface area contributed by atoms with Gasteiger partial charge in [0, 0.05) is 13.5 Å². The van der Waals surface area contributed by atoms with E-state index in [1.54, 1.807) is 42.5 Å². The van der Waals surface area contributed by atoms with Crippen LogP contribution in [-0.4, -0.2) is 37.2 Å². The Morgan fingerprint density at radius 3 is 2.38 bits per heavy atom. The topological polar surface area (TPSA) is 84.9 Å². The predicted molar refractivity (Wildman–Crippen MR) is 97.5 cm³/mol. The summed E-state index contributed by atoms with van der Waals surface area (Å²) in [6.45, 7) is 0. The summed E-state index contributed by atoms with van der Waals surface area (Å²) in [7, 11) is 2.89. The summed E-state index contributed by atoms with van der Waals surface area (Å²) in [6.07, 6.45) is -0.812. The first-order chi connectivity index (χ1) is 12.5. The highest BCUT2D eigenvalue weighted by molar-refractivity contribution is 6.32. The molecule has 0 fully saturated rings. The van der Waals surface area contributed by atoms with Crippen molar-refractivity contribution in [2.24, 2.45) is 0 Å². The van der Waals surface area contributed by atoms with Crippen molar-refractivity contribution in [1.29, 1.82) is 0 Å². The maximum atomic E-state index is 12.5. The fraction of sp³-hybridized carbons (Fsp3) is 0.263. The molecule has 0 radical (unpaired) electrons. The molecule has 7 heteroatoms. The SMILES string of the molecule is COc1ccc(C[C@H](NC(=O)[C@H](OC)c2ccccc2)C(=O)O)cc1Cl. The van der Waals surface area contributed by atoms with Gasteiger partial charge in [-0.2, -0.15) is 0 Å². The number of carboxylic acids is 1. The number of hydrogen-bond acceptors (Lipinski definition) is 4. The minimum absolute atomic E-state index is 0.0794. The van der Waals surface area contributed by atoms with Crippen LogP contribution in [0.25, 0.3) is 0 Å². The van der Waals surface area contributed by atoms with Crippen molar-refractivity contribution in [2.75, 3.05) is 14.2 Å². The Labute approximate surface area is 156 Å². The first-order valence-electron chi connectivity index (χ1n) is 7.89. The molecule has 26 heavy (non-hydrogen) atoms. The molecule has 0 saturated carbocycles. The van der Waals surface area contributed by atoms with Crippen LogP contribution in [0.4, 0.5) is 0 Å². The second kappa shape index (κ2) is 9.22. The number of carbonyl (C=O) groups is 2. The van der Waals surface area contributed by atoms with Gasteiger partial charge >= 0.3 is 5.97 Å². The van der Waals surface area contributed by atoms with E-state index < -0.39 is 24.0 Å². The number of halogens is 1. The quantitative estimate of drug-likeness (QED) is 0.739. The van der Waals surface area contributed by atoms with Gasteiger partial charge in [-0.15, -0.1) is 0 Å². The van der Waals surface area contributed by atoms with E-state index in [1.165, 1.54) is 14.2 Å². The Bertz CT molecular complexity index is 766. The lowest BCUT2D eigenvalue weighted by Crippen LogP contribution is -2.44. The molecule has 0 bridgehead atoms. The van der Waals surface area contributed by atoms with Crippen molar-refractivity contribution < 1.29 is 24.2 Å². The summed E-state index contributed by atoms with van der Waals surface area (Å²) in [5.41, 5.74) is 1.31. The zero-order valence-electron chi connectivity index (χ0n) is 14.4. The number of amides is 1. The van der Waals surface area contributed by atoms with Gasteiger partial charge in [-0.3, -0.25) is 4.79 Å². The molecule has 138 valence electrons. The van der Waals surface area contributed by atoms with Crippen LogP contribution in [0.2, 0.25) is 5.02 Å². The fourth-order valence-electron chi connectivity index (χ4n) is 2.54. The number of hydrogen-bond donors (Lipinski definition) is 2. The Balaban J connectivity index is 2.13. The van der Waals surface area contributed by atoms with Gasteiger partial charge in [0.05, 0.1) is 12.1 Å². The van der Waals surface area contributed by atoms with Gasteiger partial charge in [-0.25, -0.2) is 4.79 Å². The average molecular weight is 378 g/mol. The smallest absolute Gasteiger partial charge is 0.326 e. The van der Waals surface area contributed by atoms with Crippen molar-refractivity contribution in [1.82, 2.24) is 5.32 Å². The molecule has 2 aromatic carbocycles. The summed E-state index contributed by atoms with van der Waals surface area (Å²) >= 11 is 6.07. The monoisotopic (exact) mass is 377 g/mol. The maximum Gasteiger partial charge on any atom is 0.326 e. The third-order valence-corrected chi connectivity index (χ3v) is 4.14. The van der Waals surface area contributed by atoms with Crippen LogP contribution < -0.4 is 10.1 Å². The standard InChI is InChI=1S/C19H20ClNO5/c1-25-16-9-8-12(10-14(16)20)11-15(19(23)24)21-18(22)17(26-2)13-6-4-3-5-7-13/h3-10,15,17H,11H2,1-2H3,(H,21,22)(H,23,24)/t15-,17+/m0/s1. The summed E-state index contributed by atoms with van der Waals surface area (Å²) in [5.74, 6) is -1.17. The number of carboxylic acid groups (broad SMARTS) is 1. The molecule has 0 heterocycles. The first-order valence-corrected chi connectivity index (χ1v) is 8.27. The Kier molecular flexibility index (Phi) is 7.00. The summed E-state index contributed by atoms with van der Waals surface area (Å²) in [4.78, 5) is 24.1. The Hall–Kier alpha value is -2.57. The van der Waals surface area contributed by atoms with Crippen LogP contribution >= 0.6 is 11.6 Å². The number of carbonyl (C=O) groups excluding carboxylic acids is 1.